The number of carbonyl (C=O) groups excluding carboxylic acids is 1. The number of piperazine rings is 1. The number of fused-ring (bicyclic) bond motifs is 1. The Morgan fingerprint density at radius 3 is 2.53 bits per heavy atom. The van der Waals surface area contributed by atoms with Gasteiger partial charge in [0.15, 0.2) is 0 Å². The number of amides is 1. The molecule has 0 spiro atoms. The van der Waals surface area contributed by atoms with Crippen LogP contribution in [0, 0.1) is 11.3 Å². The molecule has 1 amide bonds. The predicted octanol–water partition coefficient (Wildman–Crippen LogP) is 3.14. The van der Waals surface area contributed by atoms with Crippen molar-refractivity contribution in [2.45, 2.75) is 19.3 Å². The molecular weight excluding hydrogens is 452 g/mol. The summed E-state index contributed by atoms with van der Waals surface area (Å²) in [6, 6.07) is 11.4. The van der Waals surface area contributed by atoms with Crippen LogP contribution >= 0.6 is 0 Å². The molecule has 0 radical (unpaired) electrons. The van der Waals surface area contributed by atoms with Crippen molar-refractivity contribution in [3.63, 3.8) is 0 Å². The first-order valence-electron chi connectivity index (χ1n) is 12.2. The second kappa shape index (κ2) is 10.5. The molecule has 1 aliphatic heterocycles. The molecule has 4 heterocycles. The van der Waals surface area contributed by atoms with E-state index in [2.05, 4.69) is 42.0 Å². The second-order valence-electron chi connectivity index (χ2n) is 9.04. The Bertz CT molecular complexity index is 1380. The summed E-state index contributed by atoms with van der Waals surface area (Å²) in [6.45, 7) is 4.83. The lowest BCUT2D eigenvalue weighted by Gasteiger charge is -2.34. The van der Waals surface area contributed by atoms with Crippen molar-refractivity contribution in [1.82, 2.24) is 24.8 Å². The Balaban J connectivity index is 1.08. The number of aromatic nitrogens is 4. The summed E-state index contributed by atoms with van der Waals surface area (Å²) in [4.78, 5) is 32.6. The lowest BCUT2D eigenvalue weighted by atomic mass is 10.1. The van der Waals surface area contributed by atoms with Gasteiger partial charge in [-0.25, -0.2) is 9.97 Å². The van der Waals surface area contributed by atoms with E-state index in [0.717, 1.165) is 74.4 Å². The van der Waals surface area contributed by atoms with Gasteiger partial charge in [0.25, 0.3) is 0 Å². The summed E-state index contributed by atoms with van der Waals surface area (Å²) in [5, 5.41) is 10.3. The van der Waals surface area contributed by atoms with E-state index < -0.39 is 5.91 Å². The van der Waals surface area contributed by atoms with Crippen molar-refractivity contribution in [3.05, 3.63) is 71.8 Å². The number of primary amides is 1. The fourth-order valence-electron chi connectivity index (χ4n) is 4.60. The van der Waals surface area contributed by atoms with Gasteiger partial charge in [-0.05, 0) is 61.7 Å². The molecule has 9 nitrogen and oxygen atoms in total. The Kier molecular flexibility index (Phi) is 6.87. The molecule has 0 atom stereocenters. The first-order valence-corrected chi connectivity index (χ1v) is 12.2. The van der Waals surface area contributed by atoms with Gasteiger partial charge in [-0.2, -0.15) is 5.26 Å². The summed E-state index contributed by atoms with van der Waals surface area (Å²) in [5.41, 5.74) is 10.2. The first-order chi connectivity index (χ1) is 17.6. The summed E-state index contributed by atoms with van der Waals surface area (Å²) < 4.78 is 0. The van der Waals surface area contributed by atoms with Crippen LogP contribution in [-0.4, -0.2) is 63.5 Å². The normalized spacial score (nSPS) is 14.1. The number of hydrogen-bond acceptors (Lipinski definition) is 7. The number of H-pyrrole nitrogens is 1. The maximum atomic E-state index is 11.2. The highest BCUT2D eigenvalue weighted by Crippen LogP contribution is 2.22. The number of carbonyl (C=O) groups is 1. The monoisotopic (exact) mass is 480 g/mol. The Morgan fingerprint density at radius 1 is 1.03 bits per heavy atom. The van der Waals surface area contributed by atoms with Crippen molar-refractivity contribution in [2.75, 3.05) is 37.6 Å². The lowest BCUT2D eigenvalue weighted by molar-refractivity contribution is 0.1000. The number of rotatable bonds is 8. The largest absolute Gasteiger partial charge is 0.366 e. The average Bonchev–Trinajstić information content (AvgIpc) is 3.33. The van der Waals surface area contributed by atoms with Gasteiger partial charge in [-0.15, -0.1) is 0 Å². The van der Waals surface area contributed by atoms with Gasteiger partial charge in [-0.3, -0.25) is 14.7 Å². The van der Waals surface area contributed by atoms with Crippen LogP contribution in [0.3, 0.4) is 0 Å². The Morgan fingerprint density at radius 2 is 1.83 bits per heavy atom. The highest BCUT2D eigenvalue weighted by atomic mass is 16.1. The van der Waals surface area contributed by atoms with Crippen LogP contribution in [0.2, 0.25) is 0 Å². The van der Waals surface area contributed by atoms with Gasteiger partial charge < -0.3 is 15.6 Å². The number of nitrogens with zero attached hydrogens (tertiary/aromatic N) is 6. The lowest BCUT2D eigenvalue weighted by Crippen LogP contribution is -2.47. The van der Waals surface area contributed by atoms with Crippen molar-refractivity contribution in [3.8, 4) is 17.3 Å². The van der Waals surface area contributed by atoms with Crippen LogP contribution in [0.5, 0.6) is 0 Å². The number of unbranched alkanes of at least 4 members (excludes halogenated alkanes) is 1. The molecule has 5 rings (SSSR count). The standard InChI is InChI=1S/C27H28N8O/c28-14-19-4-6-25-23(13-19)20(15-31-25)3-1-2-8-34-9-11-35(12-10-34)27-32-17-22(18-33-27)24-7-5-21(16-30-24)26(29)36/h4-7,13,15-18,31H,1-3,8-12H2,(H2,29,36). The maximum Gasteiger partial charge on any atom is 0.250 e. The highest BCUT2D eigenvalue weighted by Gasteiger charge is 2.19. The van der Waals surface area contributed by atoms with Gasteiger partial charge in [-0.1, -0.05) is 0 Å². The number of hydrogen-bond donors (Lipinski definition) is 2. The zero-order valence-electron chi connectivity index (χ0n) is 20.0. The fraction of sp³-hybridized carbons (Fsp3) is 0.296. The van der Waals surface area contributed by atoms with Gasteiger partial charge >= 0.3 is 0 Å². The van der Waals surface area contributed by atoms with Crippen LogP contribution in [0.1, 0.15) is 34.3 Å². The highest BCUT2D eigenvalue weighted by molar-refractivity contribution is 5.92. The van der Waals surface area contributed by atoms with E-state index in [4.69, 9.17) is 11.0 Å². The molecule has 1 aromatic carbocycles. The van der Waals surface area contributed by atoms with Gasteiger partial charge in [0.05, 0.1) is 22.9 Å². The SMILES string of the molecule is N#Cc1ccc2[nH]cc(CCCCN3CCN(c4ncc(-c5ccc(C(N)=O)cn5)cn4)CC3)c2c1. The fourth-order valence-corrected chi connectivity index (χ4v) is 4.60. The van der Waals surface area contributed by atoms with Crippen LogP contribution in [-0.2, 0) is 6.42 Å². The zero-order valence-corrected chi connectivity index (χ0v) is 20.0. The summed E-state index contributed by atoms with van der Waals surface area (Å²) >= 11 is 0. The quantitative estimate of drug-likeness (QED) is 0.371. The minimum Gasteiger partial charge on any atom is -0.366 e. The summed E-state index contributed by atoms with van der Waals surface area (Å²) in [6.07, 6.45) is 10.3. The molecule has 1 saturated heterocycles. The molecule has 3 aromatic heterocycles. The maximum absolute atomic E-state index is 11.2. The summed E-state index contributed by atoms with van der Waals surface area (Å²) in [5.74, 6) is 0.229. The number of aromatic amines is 1. The zero-order chi connectivity index (χ0) is 24.9. The third kappa shape index (κ3) is 5.19. The van der Waals surface area contributed by atoms with E-state index in [1.807, 2.05) is 18.2 Å². The van der Waals surface area contributed by atoms with Crippen molar-refractivity contribution in [2.24, 2.45) is 5.73 Å². The van der Waals surface area contributed by atoms with Gasteiger partial charge in [0.1, 0.15) is 0 Å². The minimum atomic E-state index is -0.496. The van der Waals surface area contributed by atoms with Crippen LogP contribution in [0.25, 0.3) is 22.2 Å². The summed E-state index contributed by atoms with van der Waals surface area (Å²) in [7, 11) is 0. The molecule has 0 bridgehead atoms. The first kappa shape index (κ1) is 23.5. The molecule has 1 fully saturated rings. The second-order valence-corrected chi connectivity index (χ2v) is 9.04. The van der Waals surface area contributed by atoms with Crippen molar-refractivity contribution >= 4 is 22.8 Å². The molecular formula is C27H28N8O. The van der Waals surface area contributed by atoms with Crippen LogP contribution in [0.4, 0.5) is 5.95 Å². The van der Waals surface area contributed by atoms with Crippen molar-refractivity contribution < 1.29 is 4.79 Å². The number of anilines is 1. The van der Waals surface area contributed by atoms with Crippen molar-refractivity contribution in [1.29, 1.82) is 5.26 Å². The number of benzene rings is 1. The van der Waals surface area contributed by atoms with E-state index in [9.17, 15) is 4.79 Å². The third-order valence-electron chi connectivity index (χ3n) is 6.70. The molecule has 0 aliphatic carbocycles. The number of nitriles is 1. The minimum absolute atomic E-state index is 0.376. The Labute approximate surface area is 209 Å². The van der Waals surface area contributed by atoms with E-state index >= 15 is 0 Å². The van der Waals surface area contributed by atoms with Gasteiger partial charge in [0, 0.05) is 67.4 Å². The molecule has 4 aromatic rings. The molecule has 36 heavy (non-hydrogen) atoms. The molecule has 3 N–H and O–H groups in total. The Hall–Kier alpha value is -4.29. The van der Waals surface area contributed by atoms with Gasteiger partial charge in [0.2, 0.25) is 11.9 Å². The van der Waals surface area contributed by atoms with E-state index in [1.54, 1.807) is 24.5 Å². The van der Waals surface area contributed by atoms with Crippen LogP contribution in [0.15, 0.2) is 55.1 Å². The van der Waals surface area contributed by atoms with E-state index in [0.29, 0.717) is 16.8 Å². The number of pyridine rings is 1. The number of nitrogens with two attached hydrogens (primary N) is 1. The van der Waals surface area contributed by atoms with E-state index in [1.165, 1.54) is 11.8 Å². The molecule has 182 valence electrons. The topological polar surface area (TPSA) is 128 Å². The molecule has 0 unspecified atom stereocenters. The molecule has 1 aliphatic rings. The smallest absolute Gasteiger partial charge is 0.250 e. The third-order valence-corrected chi connectivity index (χ3v) is 6.70. The number of nitrogens with one attached hydrogen (secondary N) is 1. The molecule has 0 saturated carbocycles. The predicted molar refractivity (Wildman–Crippen MR) is 138 cm³/mol. The van der Waals surface area contributed by atoms with Crippen LogP contribution < -0.4 is 10.6 Å². The number of aryl methyl sites for hydroxylation is 1. The van der Waals surface area contributed by atoms with E-state index in [-0.39, 0.29) is 0 Å². The average molecular weight is 481 g/mol. The molecule has 9 heteroatoms.